The third kappa shape index (κ3) is 2.90. The number of hydrogen-bond acceptors (Lipinski definition) is 6. The van der Waals surface area contributed by atoms with Crippen LogP contribution >= 0.6 is 0 Å². The van der Waals surface area contributed by atoms with Gasteiger partial charge in [-0.25, -0.2) is 4.98 Å². The van der Waals surface area contributed by atoms with Crippen LogP contribution in [0, 0.1) is 17.2 Å². The van der Waals surface area contributed by atoms with E-state index in [4.69, 9.17) is 15.2 Å². The van der Waals surface area contributed by atoms with Gasteiger partial charge in [-0.1, -0.05) is 13.3 Å². The number of ether oxygens (including phenoxy) is 2. The number of aromatic nitrogens is 1. The maximum atomic E-state index is 10.2. The van der Waals surface area contributed by atoms with Crippen LogP contribution in [0.25, 0.3) is 11.1 Å². The molecule has 0 radical (unpaired) electrons. The fourth-order valence-corrected chi connectivity index (χ4v) is 3.67. The molecule has 0 spiro atoms. The van der Waals surface area contributed by atoms with Gasteiger partial charge >= 0.3 is 0 Å². The molecular weight excluding hydrogens is 330 g/mol. The van der Waals surface area contributed by atoms with E-state index in [-0.39, 0.29) is 23.1 Å². The molecule has 0 saturated carbocycles. The van der Waals surface area contributed by atoms with Gasteiger partial charge in [-0.15, -0.1) is 0 Å². The van der Waals surface area contributed by atoms with Crippen LogP contribution < -0.4 is 15.2 Å². The monoisotopic (exact) mass is 353 g/mol. The van der Waals surface area contributed by atoms with E-state index < -0.39 is 0 Å². The molecule has 1 heterocycles. The highest BCUT2D eigenvalue weighted by atomic mass is 16.5. The summed E-state index contributed by atoms with van der Waals surface area (Å²) >= 11 is 0. The van der Waals surface area contributed by atoms with Gasteiger partial charge in [-0.3, -0.25) is 0 Å². The van der Waals surface area contributed by atoms with E-state index >= 15 is 0 Å². The number of phenols is 1. The second-order valence-electron chi connectivity index (χ2n) is 6.53. The molecule has 1 atom stereocenters. The van der Waals surface area contributed by atoms with Gasteiger partial charge in [0.25, 0.3) is 0 Å². The number of pyridine rings is 1. The maximum Gasteiger partial charge on any atom is 0.200 e. The lowest BCUT2D eigenvalue weighted by molar-refractivity contribution is 0.340. The number of aryl methyl sites for hydroxylation is 1. The van der Waals surface area contributed by atoms with Crippen LogP contribution in [0.15, 0.2) is 12.1 Å². The van der Waals surface area contributed by atoms with Gasteiger partial charge in [-0.2, -0.15) is 5.26 Å². The molecule has 0 fully saturated rings. The molecule has 0 amide bonds. The molecule has 1 aromatic carbocycles. The first-order chi connectivity index (χ1) is 12.5. The zero-order valence-electron chi connectivity index (χ0n) is 15.3. The lowest BCUT2D eigenvalue weighted by Gasteiger charge is -2.26. The first kappa shape index (κ1) is 17.9. The summed E-state index contributed by atoms with van der Waals surface area (Å²) in [6, 6.07) is 5.63. The Bertz CT molecular complexity index is 862. The number of nitrogens with zero attached hydrogens (tertiary/aromatic N) is 2. The van der Waals surface area contributed by atoms with Crippen LogP contribution in [0.3, 0.4) is 0 Å². The number of nitrogens with two attached hydrogens (primary N) is 1. The van der Waals surface area contributed by atoms with Gasteiger partial charge in [0.15, 0.2) is 11.5 Å². The van der Waals surface area contributed by atoms with Gasteiger partial charge in [0.2, 0.25) is 5.75 Å². The van der Waals surface area contributed by atoms with Crippen molar-refractivity contribution in [3.05, 3.63) is 29.0 Å². The molecule has 136 valence electrons. The number of rotatable bonds is 4. The lowest BCUT2D eigenvalue weighted by atomic mass is 9.80. The number of fused-ring (bicyclic) bond motifs is 1. The fraction of sp³-hybridized carbons (Fsp3) is 0.400. The van der Waals surface area contributed by atoms with Gasteiger partial charge in [0.1, 0.15) is 17.5 Å². The first-order valence-electron chi connectivity index (χ1n) is 8.70. The summed E-state index contributed by atoms with van der Waals surface area (Å²) in [7, 11) is 2.96. The SMILES string of the molecule is CC[C@H]1CCc2nc(N)c(C#N)c(-c3cc(OC)c(O)c(OC)c3)c2C1. The van der Waals surface area contributed by atoms with Crippen molar-refractivity contribution in [1.82, 2.24) is 4.98 Å². The predicted octanol–water partition coefficient (Wildman–Crippen LogP) is 3.44. The highest BCUT2D eigenvalue weighted by Gasteiger charge is 2.27. The third-order valence-electron chi connectivity index (χ3n) is 5.15. The zero-order valence-corrected chi connectivity index (χ0v) is 15.3. The number of methoxy groups -OCH3 is 2. The molecule has 0 saturated heterocycles. The molecule has 1 aliphatic rings. The Morgan fingerprint density at radius 3 is 2.50 bits per heavy atom. The summed E-state index contributed by atoms with van der Waals surface area (Å²) in [5, 5.41) is 19.9. The first-order valence-corrected chi connectivity index (χ1v) is 8.70. The molecule has 0 bridgehead atoms. The second-order valence-corrected chi connectivity index (χ2v) is 6.53. The largest absolute Gasteiger partial charge is 0.502 e. The summed E-state index contributed by atoms with van der Waals surface area (Å²) in [5.41, 5.74) is 9.95. The molecule has 0 aliphatic heterocycles. The van der Waals surface area contributed by atoms with E-state index in [1.54, 1.807) is 12.1 Å². The predicted molar refractivity (Wildman–Crippen MR) is 99.4 cm³/mol. The fourth-order valence-electron chi connectivity index (χ4n) is 3.67. The van der Waals surface area contributed by atoms with Gasteiger partial charge in [0.05, 0.1) is 14.2 Å². The van der Waals surface area contributed by atoms with Crippen LogP contribution in [0.5, 0.6) is 17.2 Å². The average molecular weight is 353 g/mol. The number of nitriles is 1. The maximum absolute atomic E-state index is 10.2. The molecule has 1 aromatic heterocycles. The van der Waals surface area contributed by atoms with Crippen molar-refractivity contribution in [3.8, 4) is 34.4 Å². The Hall–Kier alpha value is -2.94. The Kier molecular flexibility index (Phi) is 4.90. The summed E-state index contributed by atoms with van der Waals surface area (Å²) in [6.45, 7) is 2.18. The Morgan fingerprint density at radius 2 is 1.96 bits per heavy atom. The van der Waals surface area contributed by atoms with Crippen molar-refractivity contribution in [3.63, 3.8) is 0 Å². The second kappa shape index (κ2) is 7.12. The molecule has 1 aliphatic carbocycles. The van der Waals surface area contributed by atoms with E-state index in [1.807, 2.05) is 0 Å². The minimum absolute atomic E-state index is 0.0698. The van der Waals surface area contributed by atoms with Crippen LogP contribution in [0.1, 0.15) is 36.6 Å². The van der Waals surface area contributed by atoms with Gasteiger partial charge < -0.3 is 20.3 Å². The number of nitrogen functional groups attached to an aromatic ring is 1. The standard InChI is InChI=1S/C20H23N3O3/c1-4-11-5-6-15-13(7-11)18(14(10-21)20(22)23-15)12-8-16(25-2)19(24)17(9-12)26-3/h8-9,11,24H,4-7H2,1-3H3,(H2,22,23)/t11-/m0/s1. The third-order valence-corrected chi connectivity index (χ3v) is 5.15. The molecule has 26 heavy (non-hydrogen) atoms. The topological polar surface area (TPSA) is 101 Å². The molecule has 3 N–H and O–H groups in total. The molecule has 6 nitrogen and oxygen atoms in total. The number of anilines is 1. The Labute approximate surface area is 153 Å². The molecule has 0 unspecified atom stereocenters. The van der Waals surface area contributed by atoms with E-state index in [9.17, 15) is 10.4 Å². The van der Waals surface area contributed by atoms with Crippen molar-refractivity contribution < 1.29 is 14.6 Å². The highest BCUT2D eigenvalue weighted by Crippen LogP contribution is 2.44. The average Bonchev–Trinajstić information content (AvgIpc) is 2.66. The van der Waals surface area contributed by atoms with Crippen molar-refractivity contribution >= 4 is 5.82 Å². The molecule has 6 heteroatoms. The van der Waals surface area contributed by atoms with Crippen molar-refractivity contribution in [2.45, 2.75) is 32.6 Å². The number of phenolic OH excluding ortho intramolecular Hbond substituents is 1. The van der Waals surface area contributed by atoms with E-state index in [0.717, 1.165) is 48.1 Å². The van der Waals surface area contributed by atoms with Crippen LogP contribution in [0.2, 0.25) is 0 Å². The quantitative estimate of drug-likeness (QED) is 0.873. The molecule has 3 rings (SSSR count). The minimum atomic E-state index is -0.0698. The number of benzene rings is 1. The van der Waals surface area contributed by atoms with Crippen molar-refractivity contribution in [2.75, 3.05) is 20.0 Å². The van der Waals surface area contributed by atoms with E-state index in [2.05, 4.69) is 18.0 Å². The van der Waals surface area contributed by atoms with Gasteiger partial charge in [0, 0.05) is 11.3 Å². The van der Waals surface area contributed by atoms with Crippen molar-refractivity contribution in [2.24, 2.45) is 5.92 Å². The molecule has 2 aromatic rings. The summed E-state index contributed by atoms with van der Waals surface area (Å²) in [5.74, 6) is 1.30. The normalized spacial score (nSPS) is 15.8. The highest BCUT2D eigenvalue weighted by molar-refractivity contribution is 5.82. The van der Waals surface area contributed by atoms with Crippen LogP contribution in [-0.4, -0.2) is 24.3 Å². The lowest BCUT2D eigenvalue weighted by Crippen LogP contribution is -2.18. The van der Waals surface area contributed by atoms with Crippen LogP contribution in [0.4, 0.5) is 5.82 Å². The summed E-state index contributed by atoms with van der Waals surface area (Å²) < 4.78 is 10.6. The summed E-state index contributed by atoms with van der Waals surface area (Å²) in [6.07, 6.45) is 3.86. The van der Waals surface area contributed by atoms with E-state index in [0.29, 0.717) is 11.5 Å². The minimum Gasteiger partial charge on any atom is -0.502 e. The van der Waals surface area contributed by atoms with Crippen molar-refractivity contribution in [1.29, 1.82) is 5.26 Å². The van der Waals surface area contributed by atoms with Crippen LogP contribution in [-0.2, 0) is 12.8 Å². The molecular formula is C20H23N3O3. The zero-order chi connectivity index (χ0) is 18.8. The Morgan fingerprint density at radius 1 is 1.31 bits per heavy atom. The number of aromatic hydroxyl groups is 1. The smallest absolute Gasteiger partial charge is 0.200 e. The van der Waals surface area contributed by atoms with E-state index in [1.165, 1.54) is 14.2 Å². The Balaban J connectivity index is 2.31. The number of hydrogen-bond donors (Lipinski definition) is 2. The van der Waals surface area contributed by atoms with Gasteiger partial charge in [-0.05, 0) is 48.4 Å². The summed E-state index contributed by atoms with van der Waals surface area (Å²) in [4.78, 5) is 4.49.